The molecule has 0 aliphatic carbocycles. The van der Waals surface area contributed by atoms with Crippen LogP contribution in [0.5, 0.6) is 0 Å². The quantitative estimate of drug-likeness (QED) is 0.512. The second-order valence-corrected chi connectivity index (χ2v) is 10.6. The summed E-state index contributed by atoms with van der Waals surface area (Å²) in [4.78, 5) is 39.5. The number of carboxylic acid groups (broad SMARTS) is 1. The predicted molar refractivity (Wildman–Crippen MR) is 131 cm³/mol. The average molecular weight is 543 g/mol. The Bertz CT molecular complexity index is 1170. The lowest BCUT2D eigenvalue weighted by atomic mass is 10.2. The lowest BCUT2D eigenvalue weighted by Crippen LogP contribution is -2.42. The molecule has 2 rings (SSSR count). The topological polar surface area (TPSA) is 114 Å². The third kappa shape index (κ3) is 8.96. The molecule has 0 bridgehead atoms. The van der Waals surface area contributed by atoms with Crippen molar-refractivity contribution in [1.29, 1.82) is 0 Å². The molecule has 13 heteroatoms. The Morgan fingerprint density at radius 3 is 2.05 bits per heavy atom. The number of hydrogen-bond donors (Lipinski definition) is 1. The molecule has 1 N–H and O–H groups in total. The fourth-order valence-electron chi connectivity index (χ4n) is 3.14. The molecule has 0 radical (unpaired) electrons. The number of carbonyl (C=O) groups is 3. The summed E-state index contributed by atoms with van der Waals surface area (Å²) in [6.45, 7) is 10.4. The lowest BCUT2D eigenvalue weighted by molar-refractivity contribution is -0.141. The Hall–Kier alpha value is -3.77. The van der Waals surface area contributed by atoms with Crippen molar-refractivity contribution in [3.63, 3.8) is 0 Å². The largest absolute Gasteiger partial charge is 0.477 e. The second-order valence-electron chi connectivity index (χ2n) is 10.6. The summed E-state index contributed by atoms with van der Waals surface area (Å²) in [5.41, 5.74) is -3.00. The van der Waals surface area contributed by atoms with E-state index < -0.39 is 46.9 Å². The number of halogens is 3. The zero-order valence-corrected chi connectivity index (χ0v) is 22.4. The number of carboxylic acids is 1. The predicted octanol–water partition coefficient (Wildman–Crippen LogP) is 5.19. The number of ether oxygens (including phenoxy) is 2. The Labute approximate surface area is 218 Å². The highest BCUT2D eigenvalue weighted by molar-refractivity contribution is 5.86. The number of benzene rings is 1. The van der Waals surface area contributed by atoms with E-state index in [4.69, 9.17) is 9.47 Å². The second kappa shape index (κ2) is 11.3. The Morgan fingerprint density at radius 1 is 0.947 bits per heavy atom. The van der Waals surface area contributed by atoms with Crippen molar-refractivity contribution < 1.29 is 42.1 Å². The first-order valence-electron chi connectivity index (χ1n) is 11.7. The van der Waals surface area contributed by atoms with Gasteiger partial charge in [-0.15, -0.1) is 0 Å². The van der Waals surface area contributed by atoms with Gasteiger partial charge in [0.25, 0.3) is 0 Å². The molecule has 0 atom stereocenters. The summed E-state index contributed by atoms with van der Waals surface area (Å²) in [5.74, 6) is -1.58. The van der Waals surface area contributed by atoms with Crippen LogP contribution in [0.3, 0.4) is 0 Å². The first-order chi connectivity index (χ1) is 17.3. The van der Waals surface area contributed by atoms with E-state index in [0.717, 1.165) is 0 Å². The summed E-state index contributed by atoms with van der Waals surface area (Å²) < 4.78 is 51.0. The van der Waals surface area contributed by atoms with Gasteiger partial charge in [0.2, 0.25) is 0 Å². The van der Waals surface area contributed by atoms with E-state index >= 15 is 0 Å². The van der Waals surface area contributed by atoms with Crippen LogP contribution in [-0.2, 0) is 22.2 Å². The molecule has 0 spiro atoms. The van der Waals surface area contributed by atoms with E-state index in [1.807, 2.05) is 0 Å². The molecule has 0 fully saturated rings. The van der Waals surface area contributed by atoms with E-state index in [1.54, 1.807) is 47.6 Å². The Kier molecular flexibility index (Phi) is 9.07. The maximum Gasteiger partial charge on any atom is 0.435 e. The summed E-state index contributed by atoms with van der Waals surface area (Å²) in [6, 6.07) is 6.40. The number of aromatic nitrogens is 2. The van der Waals surface area contributed by atoms with Crippen molar-refractivity contribution in [2.75, 3.05) is 20.1 Å². The number of hydrogen-bond acceptors (Lipinski definition) is 6. The van der Waals surface area contributed by atoms with Crippen LogP contribution in [0.1, 0.15) is 63.3 Å². The minimum Gasteiger partial charge on any atom is -0.477 e. The average Bonchev–Trinajstić information content (AvgIpc) is 3.20. The van der Waals surface area contributed by atoms with E-state index in [0.29, 0.717) is 16.3 Å². The molecule has 0 aliphatic heterocycles. The van der Waals surface area contributed by atoms with Gasteiger partial charge in [0.1, 0.15) is 11.2 Å². The van der Waals surface area contributed by atoms with Crippen LogP contribution in [-0.4, -0.2) is 74.2 Å². The summed E-state index contributed by atoms with van der Waals surface area (Å²) in [7, 11) is 1.52. The van der Waals surface area contributed by atoms with Crippen molar-refractivity contribution >= 4 is 18.2 Å². The van der Waals surface area contributed by atoms with Crippen molar-refractivity contribution in [2.24, 2.45) is 0 Å². The third-order valence-corrected chi connectivity index (χ3v) is 4.81. The van der Waals surface area contributed by atoms with Gasteiger partial charge in [0, 0.05) is 32.7 Å². The monoisotopic (exact) mass is 542 g/mol. The SMILES string of the molecule is CN(CCN(Cc1cccc(-n2nc(C(F)(F)F)cc2C(=O)O)c1)C(=O)OC(C)(C)C)C(=O)OC(C)(C)C. The summed E-state index contributed by atoms with van der Waals surface area (Å²) in [6.07, 6.45) is -6.09. The molecule has 1 heterocycles. The fraction of sp³-hybridized carbons (Fsp3) is 0.520. The standard InChI is InChI=1S/C25H33F3N4O6/c1-23(2,3)37-21(35)30(7)11-12-31(22(36)38-24(4,5)6)15-16-9-8-10-17(13-16)32-18(20(33)34)14-19(29-32)25(26,27)28/h8-10,13-14H,11-12,15H2,1-7H3,(H,33,34). The van der Waals surface area contributed by atoms with Crippen LogP contribution in [0, 0.1) is 0 Å². The van der Waals surface area contributed by atoms with Gasteiger partial charge in [-0.2, -0.15) is 18.3 Å². The van der Waals surface area contributed by atoms with Gasteiger partial charge in [0.15, 0.2) is 11.4 Å². The number of likely N-dealkylation sites (N-methyl/N-ethyl adjacent to an activating group) is 1. The summed E-state index contributed by atoms with van der Waals surface area (Å²) >= 11 is 0. The van der Waals surface area contributed by atoms with Gasteiger partial charge in [-0.1, -0.05) is 12.1 Å². The maximum absolute atomic E-state index is 13.2. The van der Waals surface area contributed by atoms with Crippen LogP contribution in [0.2, 0.25) is 0 Å². The Morgan fingerprint density at radius 2 is 1.53 bits per heavy atom. The van der Waals surface area contributed by atoms with E-state index in [2.05, 4.69) is 5.10 Å². The molecule has 0 saturated carbocycles. The number of alkyl halides is 3. The number of amides is 2. The van der Waals surface area contributed by atoms with Crippen LogP contribution in [0.4, 0.5) is 22.8 Å². The van der Waals surface area contributed by atoms with Crippen LogP contribution in [0.15, 0.2) is 30.3 Å². The van der Waals surface area contributed by atoms with E-state index in [1.165, 1.54) is 35.0 Å². The maximum atomic E-state index is 13.2. The van der Waals surface area contributed by atoms with Crippen LogP contribution in [0.25, 0.3) is 5.69 Å². The fourth-order valence-corrected chi connectivity index (χ4v) is 3.14. The molecule has 0 unspecified atom stereocenters. The van der Waals surface area contributed by atoms with Gasteiger partial charge >= 0.3 is 24.3 Å². The molecule has 0 aliphatic rings. The molecule has 10 nitrogen and oxygen atoms in total. The minimum atomic E-state index is -4.83. The molecule has 1 aromatic carbocycles. The zero-order chi connectivity index (χ0) is 29.1. The minimum absolute atomic E-state index is 0.0410. The van der Waals surface area contributed by atoms with Gasteiger partial charge in [0.05, 0.1) is 5.69 Å². The van der Waals surface area contributed by atoms with E-state index in [9.17, 15) is 32.7 Å². The molecule has 38 heavy (non-hydrogen) atoms. The highest BCUT2D eigenvalue weighted by Gasteiger charge is 2.36. The highest BCUT2D eigenvalue weighted by Crippen LogP contribution is 2.30. The van der Waals surface area contributed by atoms with Gasteiger partial charge in [-0.05, 0) is 59.2 Å². The highest BCUT2D eigenvalue weighted by atomic mass is 19.4. The van der Waals surface area contributed by atoms with Crippen molar-refractivity contribution in [2.45, 2.75) is 65.5 Å². The van der Waals surface area contributed by atoms with Gasteiger partial charge in [-0.3, -0.25) is 0 Å². The number of carbonyl (C=O) groups excluding carboxylic acids is 2. The molecule has 1 aromatic heterocycles. The number of nitrogens with zero attached hydrogens (tertiary/aromatic N) is 4. The molecular weight excluding hydrogens is 509 g/mol. The molecule has 0 saturated heterocycles. The van der Waals surface area contributed by atoms with Crippen molar-refractivity contribution in [3.05, 3.63) is 47.3 Å². The zero-order valence-electron chi connectivity index (χ0n) is 22.4. The normalized spacial score (nSPS) is 12.2. The van der Waals surface area contributed by atoms with Gasteiger partial charge in [-0.25, -0.2) is 19.1 Å². The van der Waals surface area contributed by atoms with E-state index in [-0.39, 0.29) is 25.3 Å². The molecule has 2 amide bonds. The van der Waals surface area contributed by atoms with Crippen molar-refractivity contribution in [3.8, 4) is 5.69 Å². The van der Waals surface area contributed by atoms with Crippen LogP contribution >= 0.6 is 0 Å². The number of rotatable bonds is 7. The number of aromatic carboxylic acids is 1. The smallest absolute Gasteiger partial charge is 0.435 e. The molecule has 210 valence electrons. The third-order valence-electron chi connectivity index (χ3n) is 4.81. The Balaban J connectivity index is 2.33. The molecule has 2 aromatic rings. The lowest BCUT2D eigenvalue weighted by Gasteiger charge is -2.30. The van der Waals surface area contributed by atoms with Crippen molar-refractivity contribution in [1.82, 2.24) is 19.6 Å². The molecular formula is C25H33F3N4O6. The first kappa shape index (κ1) is 30.5. The summed E-state index contributed by atoms with van der Waals surface area (Å²) in [5, 5.41) is 12.8. The first-order valence-corrected chi connectivity index (χ1v) is 11.7. The van der Waals surface area contributed by atoms with Crippen LogP contribution < -0.4 is 0 Å². The van der Waals surface area contributed by atoms with Gasteiger partial charge < -0.3 is 24.4 Å².